The quantitative estimate of drug-likeness (QED) is 0.514. The van der Waals surface area contributed by atoms with Gasteiger partial charge in [0.1, 0.15) is 0 Å². The monoisotopic (exact) mass is 243 g/mol. The van der Waals surface area contributed by atoms with Crippen LogP contribution in [-0.2, 0) is 4.79 Å². The molecule has 0 saturated heterocycles. The van der Waals surface area contributed by atoms with Crippen LogP contribution in [0.15, 0.2) is 0 Å². The van der Waals surface area contributed by atoms with Gasteiger partial charge < -0.3 is 10.8 Å². The highest BCUT2D eigenvalue weighted by atomic mass is 16.4. The Hall–Kier alpha value is -0.570. The first-order valence-electron chi connectivity index (χ1n) is 7.14. The van der Waals surface area contributed by atoms with E-state index in [9.17, 15) is 4.79 Å². The Balaban J connectivity index is 3.13. The number of carbonyl (C=O) groups is 1. The van der Waals surface area contributed by atoms with Crippen molar-refractivity contribution in [2.24, 2.45) is 5.73 Å². The van der Waals surface area contributed by atoms with Gasteiger partial charge in [-0.3, -0.25) is 4.79 Å². The molecule has 1 atom stereocenters. The molecule has 0 aliphatic carbocycles. The molecule has 1 unspecified atom stereocenters. The molecular weight excluding hydrogens is 214 g/mol. The molecule has 0 aliphatic heterocycles. The van der Waals surface area contributed by atoms with Crippen LogP contribution in [0.1, 0.15) is 77.6 Å². The van der Waals surface area contributed by atoms with E-state index < -0.39 is 5.97 Å². The molecule has 0 aromatic heterocycles. The number of hydrogen-bond donors (Lipinski definition) is 2. The number of carboxylic acids is 1. The summed E-state index contributed by atoms with van der Waals surface area (Å²) in [6.07, 6.45) is 12.2. The molecule has 0 amide bonds. The lowest BCUT2D eigenvalue weighted by Crippen LogP contribution is -2.20. The zero-order chi connectivity index (χ0) is 12.9. The second-order valence-corrected chi connectivity index (χ2v) is 4.96. The van der Waals surface area contributed by atoms with Crippen molar-refractivity contribution in [3.05, 3.63) is 0 Å². The van der Waals surface area contributed by atoms with E-state index in [-0.39, 0.29) is 12.5 Å². The summed E-state index contributed by atoms with van der Waals surface area (Å²) in [5.41, 5.74) is 5.84. The molecule has 0 aromatic carbocycles. The summed E-state index contributed by atoms with van der Waals surface area (Å²) in [6, 6.07) is 0.0752. The van der Waals surface area contributed by atoms with Crippen LogP contribution >= 0.6 is 0 Å². The van der Waals surface area contributed by atoms with Crippen molar-refractivity contribution in [2.45, 2.75) is 83.6 Å². The summed E-state index contributed by atoms with van der Waals surface area (Å²) in [7, 11) is 0. The molecule has 0 spiro atoms. The minimum atomic E-state index is -0.739. The predicted octanol–water partition coefficient (Wildman–Crippen LogP) is 3.71. The summed E-state index contributed by atoms with van der Waals surface area (Å²) >= 11 is 0. The maximum absolute atomic E-state index is 10.3. The van der Waals surface area contributed by atoms with E-state index in [1.807, 2.05) is 0 Å². The van der Waals surface area contributed by atoms with Gasteiger partial charge in [-0.25, -0.2) is 0 Å². The molecule has 0 rings (SSSR count). The Morgan fingerprint density at radius 3 is 2.06 bits per heavy atom. The number of aliphatic carboxylic acids is 1. The van der Waals surface area contributed by atoms with E-state index in [4.69, 9.17) is 10.8 Å². The van der Waals surface area contributed by atoms with E-state index in [2.05, 4.69) is 6.92 Å². The summed E-state index contributed by atoms with van der Waals surface area (Å²) in [6.45, 7) is 2.23. The van der Waals surface area contributed by atoms with Crippen molar-refractivity contribution in [3.63, 3.8) is 0 Å². The largest absolute Gasteiger partial charge is 0.481 e. The third-order valence-electron chi connectivity index (χ3n) is 3.16. The van der Waals surface area contributed by atoms with Crippen LogP contribution < -0.4 is 5.73 Å². The molecule has 17 heavy (non-hydrogen) atoms. The minimum absolute atomic E-state index is 0.0752. The smallest absolute Gasteiger partial charge is 0.303 e. The van der Waals surface area contributed by atoms with Crippen molar-refractivity contribution in [1.29, 1.82) is 0 Å². The van der Waals surface area contributed by atoms with Gasteiger partial charge in [0.25, 0.3) is 0 Å². The van der Waals surface area contributed by atoms with Crippen molar-refractivity contribution >= 4 is 5.97 Å². The number of hydrogen-bond acceptors (Lipinski definition) is 2. The second-order valence-electron chi connectivity index (χ2n) is 4.96. The van der Waals surface area contributed by atoms with Gasteiger partial charge in [0.05, 0.1) is 0 Å². The lowest BCUT2D eigenvalue weighted by molar-refractivity contribution is -0.137. The first-order chi connectivity index (χ1) is 8.16. The Morgan fingerprint density at radius 1 is 1.00 bits per heavy atom. The number of rotatable bonds is 12. The van der Waals surface area contributed by atoms with Crippen LogP contribution in [0.4, 0.5) is 0 Å². The molecule has 0 saturated carbocycles. The Labute approximate surface area is 106 Å². The van der Waals surface area contributed by atoms with E-state index in [0.717, 1.165) is 12.8 Å². The number of carboxylic acid groups (broad SMARTS) is 1. The Morgan fingerprint density at radius 2 is 1.53 bits per heavy atom. The third-order valence-corrected chi connectivity index (χ3v) is 3.16. The van der Waals surface area contributed by atoms with Gasteiger partial charge in [-0.1, -0.05) is 58.3 Å². The number of unbranched alkanes of at least 4 members (excludes halogenated alkanes) is 7. The van der Waals surface area contributed by atoms with Gasteiger partial charge in [-0.2, -0.15) is 0 Å². The van der Waals surface area contributed by atoms with E-state index >= 15 is 0 Å². The normalized spacial score (nSPS) is 12.6. The Kier molecular flexibility index (Phi) is 11.5. The van der Waals surface area contributed by atoms with Crippen molar-refractivity contribution in [1.82, 2.24) is 0 Å². The lowest BCUT2D eigenvalue weighted by Gasteiger charge is -2.09. The van der Waals surface area contributed by atoms with Crippen molar-refractivity contribution < 1.29 is 9.90 Å². The molecule has 3 nitrogen and oxygen atoms in total. The van der Waals surface area contributed by atoms with Crippen LogP contribution in [0, 0.1) is 0 Å². The maximum Gasteiger partial charge on any atom is 0.303 e. The van der Waals surface area contributed by atoms with Gasteiger partial charge >= 0.3 is 5.97 Å². The second kappa shape index (κ2) is 11.9. The highest BCUT2D eigenvalue weighted by Gasteiger charge is 2.05. The highest BCUT2D eigenvalue weighted by molar-refractivity contribution is 5.66. The van der Waals surface area contributed by atoms with Crippen LogP contribution in [-0.4, -0.2) is 17.1 Å². The average molecular weight is 243 g/mol. The molecular formula is C14H29NO2. The summed E-state index contributed by atoms with van der Waals surface area (Å²) in [5.74, 6) is -0.739. The molecule has 0 aliphatic rings. The zero-order valence-corrected chi connectivity index (χ0v) is 11.3. The summed E-state index contributed by atoms with van der Waals surface area (Å²) in [5, 5.41) is 8.52. The average Bonchev–Trinajstić information content (AvgIpc) is 2.30. The molecule has 0 aromatic rings. The van der Waals surface area contributed by atoms with Gasteiger partial charge in [0.2, 0.25) is 0 Å². The van der Waals surface area contributed by atoms with Crippen molar-refractivity contribution in [2.75, 3.05) is 0 Å². The SMILES string of the molecule is CCCCCCCCCCC(N)CCC(=O)O. The van der Waals surface area contributed by atoms with E-state index in [1.54, 1.807) is 0 Å². The Bertz CT molecular complexity index is 183. The third kappa shape index (κ3) is 13.4. The van der Waals surface area contributed by atoms with Gasteiger partial charge in [0, 0.05) is 12.5 Å². The fraction of sp³-hybridized carbons (Fsp3) is 0.929. The molecule has 0 radical (unpaired) electrons. The fourth-order valence-electron chi connectivity index (χ4n) is 1.99. The molecule has 3 N–H and O–H groups in total. The molecule has 3 heteroatoms. The minimum Gasteiger partial charge on any atom is -0.481 e. The van der Waals surface area contributed by atoms with Crippen LogP contribution in [0.5, 0.6) is 0 Å². The first-order valence-corrected chi connectivity index (χ1v) is 7.14. The van der Waals surface area contributed by atoms with Gasteiger partial charge in [-0.15, -0.1) is 0 Å². The standard InChI is InChI=1S/C14H29NO2/c1-2-3-4-5-6-7-8-9-10-13(15)11-12-14(16)17/h13H,2-12,15H2,1H3,(H,16,17). The van der Waals surface area contributed by atoms with Crippen LogP contribution in [0.3, 0.4) is 0 Å². The van der Waals surface area contributed by atoms with Gasteiger partial charge in [0.15, 0.2) is 0 Å². The summed E-state index contributed by atoms with van der Waals surface area (Å²) in [4.78, 5) is 10.3. The molecule has 102 valence electrons. The zero-order valence-electron chi connectivity index (χ0n) is 11.3. The van der Waals surface area contributed by atoms with Crippen LogP contribution in [0.25, 0.3) is 0 Å². The van der Waals surface area contributed by atoms with Crippen molar-refractivity contribution in [3.8, 4) is 0 Å². The number of nitrogens with two attached hydrogens (primary N) is 1. The first kappa shape index (κ1) is 16.4. The summed E-state index contributed by atoms with van der Waals surface area (Å²) < 4.78 is 0. The predicted molar refractivity (Wildman–Crippen MR) is 72.1 cm³/mol. The highest BCUT2D eigenvalue weighted by Crippen LogP contribution is 2.11. The molecule has 0 fully saturated rings. The molecule has 0 bridgehead atoms. The fourth-order valence-corrected chi connectivity index (χ4v) is 1.99. The van der Waals surface area contributed by atoms with Crippen LogP contribution in [0.2, 0.25) is 0 Å². The van der Waals surface area contributed by atoms with Gasteiger partial charge in [-0.05, 0) is 12.8 Å². The lowest BCUT2D eigenvalue weighted by atomic mass is 10.0. The topological polar surface area (TPSA) is 63.3 Å². The van der Waals surface area contributed by atoms with E-state index in [0.29, 0.717) is 6.42 Å². The van der Waals surface area contributed by atoms with E-state index in [1.165, 1.54) is 44.9 Å². The molecule has 0 heterocycles. The maximum atomic E-state index is 10.3.